The van der Waals surface area contributed by atoms with Gasteiger partial charge in [-0.25, -0.2) is 0 Å². The number of carbonyl (C=O) groups excluding carboxylic acids is 1. The van der Waals surface area contributed by atoms with Crippen LogP contribution in [0.1, 0.15) is 26.7 Å². The van der Waals surface area contributed by atoms with E-state index in [1.807, 2.05) is 11.8 Å². The molecule has 1 aliphatic heterocycles. The molecule has 2 atom stereocenters. The minimum atomic E-state index is -0.871. The lowest BCUT2D eigenvalue weighted by Gasteiger charge is -2.34. The van der Waals surface area contributed by atoms with Gasteiger partial charge in [0.05, 0.1) is 18.1 Å². The van der Waals surface area contributed by atoms with Crippen LogP contribution < -0.4 is 0 Å². The molecule has 0 spiro atoms. The first-order chi connectivity index (χ1) is 7.40. The molecule has 1 aliphatic carbocycles. The lowest BCUT2D eigenvalue weighted by Crippen LogP contribution is -2.48. The Bertz CT molecular complexity index is 308. The van der Waals surface area contributed by atoms with Gasteiger partial charge in [-0.2, -0.15) is 0 Å². The lowest BCUT2D eigenvalue weighted by molar-refractivity contribution is -0.144. The Morgan fingerprint density at radius 3 is 2.69 bits per heavy atom. The molecule has 1 saturated carbocycles. The number of halogens is 2. The Hall–Kier alpha value is 0.01000. The third kappa shape index (κ3) is 1.93. The highest BCUT2D eigenvalue weighted by Crippen LogP contribution is 2.64. The van der Waals surface area contributed by atoms with Gasteiger partial charge in [0.15, 0.2) is 0 Å². The second-order valence-corrected chi connectivity index (χ2v) is 6.35. The zero-order valence-corrected chi connectivity index (χ0v) is 11.1. The Morgan fingerprint density at radius 2 is 2.19 bits per heavy atom. The normalized spacial score (nSPS) is 37.2. The molecular formula is C11H17Cl2NO2. The number of nitrogens with zero attached hydrogens (tertiary/aromatic N) is 1. The largest absolute Gasteiger partial charge is 0.375 e. The third-order valence-corrected chi connectivity index (χ3v) is 4.71. The summed E-state index contributed by atoms with van der Waals surface area (Å²) in [4.78, 5) is 14.1. The zero-order chi connectivity index (χ0) is 12.0. The molecule has 92 valence electrons. The lowest BCUT2D eigenvalue weighted by atomic mass is 10.1. The van der Waals surface area contributed by atoms with Crippen LogP contribution in [0, 0.1) is 5.41 Å². The quantitative estimate of drug-likeness (QED) is 0.717. The summed E-state index contributed by atoms with van der Waals surface area (Å²) in [5.74, 6) is 0.0688. The fraction of sp³-hybridized carbons (Fsp3) is 0.909. The SMILES string of the molecule is CCC1CN(C(=O)C2(C)CC2(Cl)Cl)CCO1. The summed E-state index contributed by atoms with van der Waals surface area (Å²) in [7, 11) is 0. The second kappa shape index (κ2) is 4.04. The molecule has 2 aliphatic rings. The molecule has 0 aromatic rings. The fourth-order valence-electron chi connectivity index (χ4n) is 2.13. The minimum absolute atomic E-state index is 0.0688. The van der Waals surface area contributed by atoms with Crippen molar-refractivity contribution in [2.45, 2.75) is 37.1 Å². The van der Waals surface area contributed by atoms with Crippen LogP contribution in [0.25, 0.3) is 0 Å². The molecule has 16 heavy (non-hydrogen) atoms. The van der Waals surface area contributed by atoms with Gasteiger partial charge in [-0.3, -0.25) is 4.79 Å². The van der Waals surface area contributed by atoms with Crippen LogP contribution in [0.3, 0.4) is 0 Å². The predicted molar refractivity (Wildman–Crippen MR) is 63.8 cm³/mol. The summed E-state index contributed by atoms with van der Waals surface area (Å²) in [5.41, 5.74) is -0.592. The van der Waals surface area contributed by atoms with E-state index < -0.39 is 9.75 Å². The zero-order valence-electron chi connectivity index (χ0n) is 9.63. The van der Waals surface area contributed by atoms with Crippen LogP contribution in [-0.4, -0.2) is 40.9 Å². The van der Waals surface area contributed by atoms with Gasteiger partial charge in [0.25, 0.3) is 0 Å². The molecule has 3 nitrogen and oxygen atoms in total. The number of carbonyl (C=O) groups is 1. The number of alkyl halides is 2. The van der Waals surface area contributed by atoms with Crippen molar-refractivity contribution in [1.29, 1.82) is 0 Å². The van der Waals surface area contributed by atoms with Gasteiger partial charge in [-0.1, -0.05) is 6.92 Å². The molecule has 0 N–H and O–H groups in total. The second-order valence-electron chi connectivity index (χ2n) is 4.87. The smallest absolute Gasteiger partial charge is 0.231 e. The van der Waals surface area contributed by atoms with Gasteiger partial charge in [-0.05, 0) is 19.8 Å². The van der Waals surface area contributed by atoms with Crippen LogP contribution in [-0.2, 0) is 9.53 Å². The number of morpholine rings is 1. The average molecular weight is 266 g/mol. The van der Waals surface area contributed by atoms with Gasteiger partial charge in [0.2, 0.25) is 5.91 Å². The molecule has 0 aromatic heterocycles. The van der Waals surface area contributed by atoms with E-state index in [1.165, 1.54) is 0 Å². The first-order valence-electron chi connectivity index (χ1n) is 5.69. The maximum Gasteiger partial charge on any atom is 0.231 e. The maximum atomic E-state index is 12.3. The van der Waals surface area contributed by atoms with Crippen molar-refractivity contribution in [3.63, 3.8) is 0 Å². The van der Waals surface area contributed by atoms with E-state index in [9.17, 15) is 4.79 Å². The average Bonchev–Trinajstić information content (AvgIpc) is 2.78. The minimum Gasteiger partial charge on any atom is -0.375 e. The number of amides is 1. The fourth-order valence-corrected chi connectivity index (χ4v) is 2.83. The van der Waals surface area contributed by atoms with E-state index in [0.29, 0.717) is 26.1 Å². The highest BCUT2D eigenvalue weighted by molar-refractivity contribution is 6.53. The maximum absolute atomic E-state index is 12.3. The molecule has 5 heteroatoms. The van der Waals surface area contributed by atoms with Crippen molar-refractivity contribution in [3.8, 4) is 0 Å². The third-order valence-electron chi connectivity index (χ3n) is 3.61. The van der Waals surface area contributed by atoms with Crippen LogP contribution >= 0.6 is 23.2 Å². The predicted octanol–water partition coefficient (Wildman–Crippen LogP) is 2.21. The summed E-state index contributed by atoms with van der Waals surface area (Å²) >= 11 is 12.0. The van der Waals surface area contributed by atoms with E-state index in [0.717, 1.165) is 6.42 Å². The summed E-state index contributed by atoms with van der Waals surface area (Å²) < 4.78 is 4.66. The number of ether oxygens (including phenoxy) is 1. The van der Waals surface area contributed by atoms with Gasteiger partial charge in [-0.15, -0.1) is 23.2 Å². The van der Waals surface area contributed by atoms with Gasteiger partial charge in [0.1, 0.15) is 4.33 Å². The van der Waals surface area contributed by atoms with Gasteiger partial charge >= 0.3 is 0 Å². The van der Waals surface area contributed by atoms with Crippen molar-refractivity contribution in [2.24, 2.45) is 5.41 Å². The van der Waals surface area contributed by atoms with Crippen molar-refractivity contribution in [3.05, 3.63) is 0 Å². The van der Waals surface area contributed by atoms with Crippen LogP contribution in [0.5, 0.6) is 0 Å². The van der Waals surface area contributed by atoms with Crippen LogP contribution in [0.15, 0.2) is 0 Å². The van der Waals surface area contributed by atoms with Crippen molar-refractivity contribution < 1.29 is 9.53 Å². The van der Waals surface area contributed by atoms with Crippen molar-refractivity contribution >= 4 is 29.1 Å². The van der Waals surface area contributed by atoms with E-state index in [-0.39, 0.29) is 12.0 Å². The summed E-state index contributed by atoms with van der Waals surface area (Å²) in [6.07, 6.45) is 1.63. The van der Waals surface area contributed by atoms with E-state index >= 15 is 0 Å². The Kier molecular flexibility index (Phi) is 3.15. The number of hydrogen-bond acceptors (Lipinski definition) is 2. The van der Waals surface area contributed by atoms with Crippen LogP contribution in [0.4, 0.5) is 0 Å². The molecule has 0 radical (unpaired) electrons. The first-order valence-corrected chi connectivity index (χ1v) is 6.45. The van der Waals surface area contributed by atoms with Crippen molar-refractivity contribution in [2.75, 3.05) is 19.7 Å². The van der Waals surface area contributed by atoms with Gasteiger partial charge in [0, 0.05) is 13.1 Å². The topological polar surface area (TPSA) is 29.5 Å². The standard InChI is InChI=1S/C11H17Cl2NO2/c1-3-8-6-14(4-5-16-8)9(15)10(2)7-11(10,12)13/h8H,3-7H2,1-2H3. The molecule has 1 saturated heterocycles. The first kappa shape index (κ1) is 12.5. The highest BCUT2D eigenvalue weighted by atomic mass is 35.5. The summed E-state index contributed by atoms with van der Waals surface area (Å²) in [6, 6.07) is 0. The Morgan fingerprint density at radius 1 is 1.56 bits per heavy atom. The molecule has 0 bridgehead atoms. The molecule has 2 unspecified atom stereocenters. The van der Waals surface area contributed by atoms with Crippen LogP contribution in [0.2, 0.25) is 0 Å². The van der Waals surface area contributed by atoms with E-state index in [4.69, 9.17) is 27.9 Å². The number of rotatable bonds is 2. The Balaban J connectivity index is 2.01. The molecule has 2 fully saturated rings. The Labute approximate surface area is 106 Å². The molecule has 1 heterocycles. The molecule has 0 aromatic carbocycles. The van der Waals surface area contributed by atoms with Gasteiger partial charge < -0.3 is 9.64 Å². The highest BCUT2D eigenvalue weighted by Gasteiger charge is 2.68. The van der Waals surface area contributed by atoms with Crippen molar-refractivity contribution in [1.82, 2.24) is 4.90 Å². The molecule has 1 amide bonds. The van der Waals surface area contributed by atoms with E-state index in [1.54, 1.807) is 0 Å². The van der Waals surface area contributed by atoms with E-state index in [2.05, 4.69) is 6.92 Å². The summed E-state index contributed by atoms with van der Waals surface area (Å²) in [5, 5.41) is 0. The number of hydrogen-bond donors (Lipinski definition) is 0. The molecular weight excluding hydrogens is 249 g/mol. The monoisotopic (exact) mass is 265 g/mol. The summed E-state index contributed by atoms with van der Waals surface area (Å²) in [6.45, 7) is 5.82. The molecule has 2 rings (SSSR count).